The Labute approximate surface area is 164 Å². The van der Waals surface area contributed by atoms with Crippen LogP contribution in [0.5, 0.6) is 0 Å². The summed E-state index contributed by atoms with van der Waals surface area (Å²) in [5.41, 5.74) is 0.698. The number of anilines is 1. The molecule has 2 rings (SSSR count). The molecule has 28 heavy (non-hydrogen) atoms. The molecule has 1 atom stereocenters. The Morgan fingerprint density at radius 1 is 1.07 bits per heavy atom. The summed E-state index contributed by atoms with van der Waals surface area (Å²) in [6.07, 6.45) is 0.684. The van der Waals surface area contributed by atoms with Crippen molar-refractivity contribution in [1.29, 1.82) is 0 Å². The van der Waals surface area contributed by atoms with Crippen LogP contribution < -0.4 is 16.0 Å². The molecule has 0 aliphatic heterocycles. The van der Waals surface area contributed by atoms with Crippen LogP contribution in [0.2, 0.25) is 0 Å². The summed E-state index contributed by atoms with van der Waals surface area (Å²) >= 11 is 0. The van der Waals surface area contributed by atoms with Crippen LogP contribution in [0.15, 0.2) is 41.3 Å². The van der Waals surface area contributed by atoms with E-state index in [9.17, 15) is 22.6 Å². The Morgan fingerprint density at radius 2 is 1.75 bits per heavy atom. The SMILES string of the molecule is CNC(CCC(=O)NCCNc1cccc2c(S(=O)(=O)O)cccc12)C(C)=O. The van der Waals surface area contributed by atoms with Gasteiger partial charge in [-0.25, -0.2) is 0 Å². The number of rotatable bonds is 10. The number of ketones is 1. The molecular formula is C19H25N3O5S. The fraction of sp³-hybridized carbons (Fsp3) is 0.368. The zero-order valence-corrected chi connectivity index (χ0v) is 16.7. The van der Waals surface area contributed by atoms with E-state index in [1.54, 1.807) is 37.4 Å². The highest BCUT2D eigenvalue weighted by Crippen LogP contribution is 2.28. The molecule has 0 bridgehead atoms. The van der Waals surface area contributed by atoms with Crippen LogP contribution in [-0.4, -0.2) is 50.8 Å². The number of carbonyl (C=O) groups excluding carboxylic acids is 2. The monoisotopic (exact) mass is 407 g/mol. The molecule has 0 aliphatic rings. The average Bonchev–Trinajstić information content (AvgIpc) is 2.64. The molecule has 9 heteroatoms. The molecule has 4 N–H and O–H groups in total. The van der Waals surface area contributed by atoms with Gasteiger partial charge in [-0.15, -0.1) is 0 Å². The summed E-state index contributed by atoms with van der Waals surface area (Å²) in [7, 11) is -2.63. The van der Waals surface area contributed by atoms with Crippen molar-refractivity contribution in [2.45, 2.75) is 30.7 Å². The van der Waals surface area contributed by atoms with Crippen LogP contribution in [0.4, 0.5) is 5.69 Å². The second-order valence-corrected chi connectivity index (χ2v) is 7.79. The first-order valence-corrected chi connectivity index (χ1v) is 10.4. The Balaban J connectivity index is 1.93. The Bertz CT molecular complexity index is 959. The van der Waals surface area contributed by atoms with Crippen molar-refractivity contribution in [3.8, 4) is 0 Å². The predicted octanol–water partition coefficient (Wildman–Crippen LogP) is 1.57. The van der Waals surface area contributed by atoms with E-state index in [4.69, 9.17) is 0 Å². The lowest BCUT2D eigenvalue weighted by atomic mass is 10.1. The van der Waals surface area contributed by atoms with E-state index >= 15 is 0 Å². The van der Waals surface area contributed by atoms with Gasteiger partial charge >= 0.3 is 0 Å². The highest BCUT2D eigenvalue weighted by Gasteiger charge is 2.15. The molecular weight excluding hydrogens is 382 g/mol. The maximum Gasteiger partial charge on any atom is 0.295 e. The molecule has 8 nitrogen and oxygen atoms in total. The van der Waals surface area contributed by atoms with E-state index in [1.807, 2.05) is 0 Å². The molecule has 0 saturated heterocycles. The number of amides is 1. The molecule has 0 spiro atoms. The lowest BCUT2D eigenvalue weighted by Crippen LogP contribution is -2.35. The van der Waals surface area contributed by atoms with Crippen molar-refractivity contribution in [3.63, 3.8) is 0 Å². The zero-order chi connectivity index (χ0) is 20.7. The van der Waals surface area contributed by atoms with Gasteiger partial charge in [0, 0.05) is 36.0 Å². The Hall–Kier alpha value is -2.49. The number of hydrogen-bond acceptors (Lipinski definition) is 6. The molecule has 2 aromatic carbocycles. The van der Waals surface area contributed by atoms with Crippen molar-refractivity contribution >= 4 is 38.3 Å². The van der Waals surface area contributed by atoms with Gasteiger partial charge in [-0.05, 0) is 32.5 Å². The lowest BCUT2D eigenvalue weighted by molar-refractivity contribution is -0.122. The second-order valence-electron chi connectivity index (χ2n) is 6.40. The number of hydrogen-bond donors (Lipinski definition) is 4. The number of fused-ring (bicyclic) bond motifs is 1. The molecule has 0 aliphatic carbocycles. The number of Topliss-reactive ketones (excluding diaryl/α,β-unsaturated/α-hetero) is 1. The molecule has 1 unspecified atom stereocenters. The molecule has 0 aromatic heterocycles. The first kappa shape index (κ1) is 21.8. The van der Waals surface area contributed by atoms with Gasteiger partial charge in [0.25, 0.3) is 10.1 Å². The van der Waals surface area contributed by atoms with Crippen molar-refractivity contribution in [1.82, 2.24) is 10.6 Å². The fourth-order valence-corrected chi connectivity index (χ4v) is 3.68. The van der Waals surface area contributed by atoms with Gasteiger partial charge in [-0.2, -0.15) is 8.42 Å². The fourth-order valence-electron chi connectivity index (χ4n) is 2.97. The van der Waals surface area contributed by atoms with Crippen molar-refractivity contribution in [2.24, 2.45) is 0 Å². The van der Waals surface area contributed by atoms with E-state index < -0.39 is 10.1 Å². The predicted molar refractivity (Wildman–Crippen MR) is 108 cm³/mol. The van der Waals surface area contributed by atoms with Crippen LogP contribution in [0.25, 0.3) is 10.8 Å². The van der Waals surface area contributed by atoms with Crippen molar-refractivity contribution in [3.05, 3.63) is 36.4 Å². The van der Waals surface area contributed by atoms with Gasteiger partial charge in [0.1, 0.15) is 10.7 Å². The lowest BCUT2D eigenvalue weighted by Gasteiger charge is -2.13. The zero-order valence-electron chi connectivity index (χ0n) is 15.9. The van der Waals surface area contributed by atoms with Gasteiger partial charge < -0.3 is 16.0 Å². The van der Waals surface area contributed by atoms with Crippen LogP contribution >= 0.6 is 0 Å². The first-order valence-electron chi connectivity index (χ1n) is 8.91. The summed E-state index contributed by atoms with van der Waals surface area (Å²) in [6, 6.07) is 9.45. The molecule has 2 aromatic rings. The van der Waals surface area contributed by atoms with Gasteiger partial charge in [-0.1, -0.05) is 24.3 Å². The maximum absolute atomic E-state index is 11.9. The normalized spacial score (nSPS) is 12.5. The number of likely N-dealkylation sites (N-methyl/N-ethyl adjacent to an activating group) is 1. The van der Waals surface area contributed by atoms with Crippen molar-refractivity contribution in [2.75, 3.05) is 25.5 Å². The van der Waals surface area contributed by atoms with E-state index in [0.717, 1.165) is 0 Å². The van der Waals surface area contributed by atoms with Gasteiger partial charge in [0.2, 0.25) is 5.91 Å². The molecule has 152 valence electrons. The largest absolute Gasteiger partial charge is 0.383 e. The molecule has 1 amide bonds. The molecule has 0 saturated carbocycles. The van der Waals surface area contributed by atoms with Crippen molar-refractivity contribution < 1.29 is 22.6 Å². The smallest absolute Gasteiger partial charge is 0.295 e. The van der Waals surface area contributed by atoms with Gasteiger partial charge in [-0.3, -0.25) is 14.1 Å². The summed E-state index contributed by atoms with van der Waals surface area (Å²) in [5.74, 6) is -0.146. The topological polar surface area (TPSA) is 125 Å². The molecule has 0 heterocycles. The quantitative estimate of drug-likeness (QED) is 0.348. The van der Waals surface area contributed by atoms with E-state index in [0.29, 0.717) is 36.0 Å². The Morgan fingerprint density at radius 3 is 2.39 bits per heavy atom. The number of nitrogens with one attached hydrogen (secondary N) is 3. The first-order chi connectivity index (χ1) is 13.2. The van der Waals surface area contributed by atoms with Crippen LogP contribution in [-0.2, 0) is 19.7 Å². The van der Waals surface area contributed by atoms with Gasteiger partial charge in [0.15, 0.2) is 0 Å². The Kier molecular flexibility index (Phi) is 7.50. The minimum Gasteiger partial charge on any atom is -0.383 e. The van der Waals surface area contributed by atoms with Gasteiger partial charge in [0.05, 0.1) is 6.04 Å². The van der Waals surface area contributed by atoms with E-state index in [2.05, 4.69) is 16.0 Å². The summed E-state index contributed by atoms with van der Waals surface area (Å²) in [4.78, 5) is 23.1. The minimum absolute atomic E-state index is 0.00261. The van der Waals surface area contributed by atoms with Crippen LogP contribution in [0, 0.1) is 0 Å². The third-order valence-electron chi connectivity index (χ3n) is 4.42. The number of carbonyl (C=O) groups is 2. The van der Waals surface area contributed by atoms with Crippen LogP contribution in [0.1, 0.15) is 19.8 Å². The molecule has 0 fully saturated rings. The maximum atomic E-state index is 11.9. The number of benzene rings is 2. The third-order valence-corrected chi connectivity index (χ3v) is 5.33. The summed E-state index contributed by atoms with van der Waals surface area (Å²) < 4.78 is 32.4. The second kappa shape index (κ2) is 9.63. The average molecular weight is 407 g/mol. The summed E-state index contributed by atoms with van der Waals surface area (Å²) in [5, 5.41) is 9.88. The molecule has 0 radical (unpaired) electrons. The van der Waals surface area contributed by atoms with Crippen LogP contribution in [0.3, 0.4) is 0 Å². The standard InChI is InChI=1S/C19H25N3O5S/c1-13(23)16(20-2)9-10-19(24)22-12-11-21-17-7-3-6-15-14(17)5-4-8-18(15)28(25,26)27/h3-8,16,20-21H,9-12H2,1-2H3,(H,22,24)(H,25,26,27). The summed E-state index contributed by atoms with van der Waals surface area (Å²) in [6.45, 7) is 2.29. The highest BCUT2D eigenvalue weighted by molar-refractivity contribution is 7.86. The van der Waals surface area contributed by atoms with E-state index in [-0.39, 0.29) is 29.0 Å². The third kappa shape index (κ3) is 5.75. The van der Waals surface area contributed by atoms with E-state index in [1.165, 1.54) is 13.0 Å². The minimum atomic E-state index is -4.32. The highest BCUT2D eigenvalue weighted by atomic mass is 32.2.